The maximum atomic E-state index is 6.96. The normalized spacial score (nSPS) is 8.62. The van der Waals surface area contributed by atoms with Crippen molar-refractivity contribution in [2.45, 2.75) is 6.42 Å². The fourth-order valence-corrected chi connectivity index (χ4v) is 0.796. The van der Waals surface area contributed by atoms with Crippen LogP contribution in [0.3, 0.4) is 0 Å². The molecule has 0 aliphatic rings. The van der Waals surface area contributed by atoms with E-state index in [0.29, 0.717) is 13.0 Å². The van der Waals surface area contributed by atoms with Crippen molar-refractivity contribution in [2.24, 2.45) is 5.73 Å². The monoisotopic (exact) mass is 200 g/mol. The molecule has 0 bridgehead atoms. The fraction of sp³-hybridized carbons (Fsp3) is 0.222. The van der Waals surface area contributed by atoms with Crippen molar-refractivity contribution >= 4 is 18.2 Å². The van der Waals surface area contributed by atoms with Crippen molar-refractivity contribution < 1.29 is 4.74 Å². The molecule has 0 fully saturated rings. The van der Waals surface area contributed by atoms with Gasteiger partial charge in [0.25, 0.3) is 0 Å². The lowest BCUT2D eigenvalue weighted by molar-refractivity contribution is 0.328. The van der Waals surface area contributed by atoms with Crippen LogP contribution in [0.4, 0.5) is 0 Å². The largest absolute Gasteiger partial charge is 0.493 e. The average Bonchev–Trinajstić information content (AvgIpc) is 2.05. The Bertz CT molecular complexity index is 251. The van der Waals surface area contributed by atoms with Gasteiger partial charge in [0.15, 0.2) is 0 Å². The highest BCUT2D eigenvalue weighted by atomic mass is 35.5. The van der Waals surface area contributed by atoms with E-state index in [9.17, 15) is 0 Å². The lowest BCUT2D eigenvalue weighted by Crippen LogP contribution is -2.13. The first kappa shape index (κ1) is 11.8. The van der Waals surface area contributed by atoms with Crippen LogP contribution in [-0.4, -0.2) is 12.4 Å². The second-order valence-electron chi connectivity index (χ2n) is 2.44. The van der Waals surface area contributed by atoms with Crippen LogP contribution in [0.5, 0.6) is 5.75 Å². The molecule has 0 spiro atoms. The molecule has 72 valence electrons. The number of nitrogens with one attached hydrogen (secondary N) is 1. The summed E-state index contributed by atoms with van der Waals surface area (Å²) in [5, 5.41) is 6.96. The van der Waals surface area contributed by atoms with Gasteiger partial charge in [-0.3, -0.25) is 5.41 Å². The van der Waals surface area contributed by atoms with E-state index in [2.05, 4.69) is 0 Å². The van der Waals surface area contributed by atoms with E-state index in [-0.39, 0.29) is 18.2 Å². The topological polar surface area (TPSA) is 59.1 Å². The second kappa shape index (κ2) is 6.31. The highest BCUT2D eigenvalue weighted by Crippen LogP contribution is 2.07. The third-order valence-electron chi connectivity index (χ3n) is 1.38. The Kier molecular flexibility index (Phi) is 5.72. The molecule has 0 unspecified atom stereocenters. The highest BCUT2D eigenvalue weighted by Gasteiger charge is 1.92. The molecule has 0 aromatic heterocycles. The van der Waals surface area contributed by atoms with Crippen molar-refractivity contribution in [1.29, 1.82) is 5.41 Å². The summed E-state index contributed by atoms with van der Waals surface area (Å²) in [7, 11) is 0. The summed E-state index contributed by atoms with van der Waals surface area (Å²) in [6.45, 7) is 0.472. The maximum Gasteiger partial charge on any atom is 0.119 e. The Balaban J connectivity index is 0.00000144. The number of ether oxygens (including phenoxy) is 1. The Hall–Kier alpha value is -1.22. The van der Waals surface area contributed by atoms with E-state index in [1.54, 1.807) is 0 Å². The summed E-state index contributed by atoms with van der Waals surface area (Å²) in [5.74, 6) is 0.977. The smallest absolute Gasteiger partial charge is 0.119 e. The van der Waals surface area contributed by atoms with Gasteiger partial charge in [0.2, 0.25) is 0 Å². The minimum absolute atomic E-state index is 0. The molecule has 1 aromatic rings. The van der Waals surface area contributed by atoms with Gasteiger partial charge < -0.3 is 10.5 Å². The van der Waals surface area contributed by atoms with Crippen LogP contribution in [0.15, 0.2) is 30.3 Å². The average molecular weight is 201 g/mol. The molecular weight excluding hydrogens is 188 g/mol. The van der Waals surface area contributed by atoms with E-state index in [1.165, 1.54) is 0 Å². The van der Waals surface area contributed by atoms with Crippen molar-refractivity contribution in [1.82, 2.24) is 0 Å². The number of nitrogens with two attached hydrogens (primary N) is 1. The number of rotatable bonds is 4. The minimum Gasteiger partial charge on any atom is -0.493 e. The molecule has 3 nitrogen and oxygen atoms in total. The van der Waals surface area contributed by atoms with Crippen LogP contribution in [0.25, 0.3) is 0 Å². The zero-order valence-electron chi connectivity index (χ0n) is 7.19. The van der Waals surface area contributed by atoms with Gasteiger partial charge in [0, 0.05) is 6.42 Å². The Labute approximate surface area is 83.8 Å². The van der Waals surface area contributed by atoms with Crippen molar-refractivity contribution in [2.75, 3.05) is 6.61 Å². The second-order valence-corrected chi connectivity index (χ2v) is 2.44. The lowest BCUT2D eigenvalue weighted by Gasteiger charge is -2.03. The van der Waals surface area contributed by atoms with Crippen LogP contribution in [0.1, 0.15) is 6.42 Å². The van der Waals surface area contributed by atoms with E-state index in [1.807, 2.05) is 30.3 Å². The first-order chi connectivity index (χ1) is 5.79. The molecule has 0 amide bonds. The summed E-state index contributed by atoms with van der Waals surface area (Å²) in [5.41, 5.74) is 5.16. The van der Waals surface area contributed by atoms with E-state index < -0.39 is 0 Å². The van der Waals surface area contributed by atoms with Gasteiger partial charge in [-0.2, -0.15) is 0 Å². The molecule has 1 rings (SSSR count). The summed E-state index contributed by atoms with van der Waals surface area (Å²) < 4.78 is 5.30. The standard InChI is InChI=1S/C9H12N2O.ClH/c10-9(11)6-7-12-8-4-2-1-3-5-8;/h1-5H,6-7H2,(H3,10,11);1H. The number of amidine groups is 1. The van der Waals surface area contributed by atoms with E-state index in [0.717, 1.165) is 5.75 Å². The van der Waals surface area contributed by atoms with Crippen molar-refractivity contribution in [3.05, 3.63) is 30.3 Å². The molecule has 4 heteroatoms. The van der Waals surface area contributed by atoms with Crippen LogP contribution < -0.4 is 10.5 Å². The molecule has 0 saturated carbocycles. The number of hydrogen-bond acceptors (Lipinski definition) is 2. The Morgan fingerprint density at radius 3 is 2.46 bits per heavy atom. The molecule has 0 aliphatic heterocycles. The third-order valence-corrected chi connectivity index (χ3v) is 1.38. The summed E-state index contributed by atoms with van der Waals surface area (Å²) in [6.07, 6.45) is 0.481. The molecule has 0 aliphatic carbocycles. The van der Waals surface area contributed by atoms with Gasteiger partial charge in [-0.25, -0.2) is 0 Å². The zero-order chi connectivity index (χ0) is 8.81. The molecule has 0 saturated heterocycles. The van der Waals surface area contributed by atoms with Gasteiger partial charge in [-0.15, -0.1) is 12.4 Å². The van der Waals surface area contributed by atoms with Gasteiger partial charge in [-0.05, 0) is 12.1 Å². The fourth-order valence-electron chi connectivity index (χ4n) is 0.796. The SMILES string of the molecule is Cl.N=C(N)CCOc1ccccc1. The Morgan fingerprint density at radius 1 is 1.31 bits per heavy atom. The van der Waals surface area contributed by atoms with Crippen LogP contribution in [0, 0.1) is 5.41 Å². The van der Waals surface area contributed by atoms with E-state index in [4.69, 9.17) is 15.9 Å². The predicted octanol–water partition coefficient (Wildman–Crippen LogP) is 1.81. The summed E-state index contributed by atoms with van der Waals surface area (Å²) >= 11 is 0. The molecule has 0 atom stereocenters. The molecule has 13 heavy (non-hydrogen) atoms. The molecule has 1 aromatic carbocycles. The van der Waals surface area contributed by atoms with Crippen molar-refractivity contribution in [3.8, 4) is 5.75 Å². The molecule has 0 heterocycles. The number of benzene rings is 1. The van der Waals surface area contributed by atoms with Gasteiger partial charge >= 0.3 is 0 Å². The summed E-state index contributed by atoms with van der Waals surface area (Å²) in [6, 6.07) is 9.49. The van der Waals surface area contributed by atoms with Gasteiger partial charge in [0.05, 0.1) is 12.4 Å². The maximum absolute atomic E-state index is 6.96. The number of hydrogen-bond donors (Lipinski definition) is 2. The predicted molar refractivity (Wildman–Crippen MR) is 55.7 cm³/mol. The zero-order valence-corrected chi connectivity index (χ0v) is 8.01. The van der Waals surface area contributed by atoms with Crippen LogP contribution in [-0.2, 0) is 0 Å². The van der Waals surface area contributed by atoms with Crippen LogP contribution >= 0.6 is 12.4 Å². The van der Waals surface area contributed by atoms with E-state index >= 15 is 0 Å². The quantitative estimate of drug-likeness (QED) is 0.575. The highest BCUT2D eigenvalue weighted by molar-refractivity contribution is 5.85. The Morgan fingerprint density at radius 2 is 1.92 bits per heavy atom. The summed E-state index contributed by atoms with van der Waals surface area (Å²) in [4.78, 5) is 0. The first-order valence-electron chi connectivity index (χ1n) is 3.80. The van der Waals surface area contributed by atoms with Crippen molar-refractivity contribution in [3.63, 3.8) is 0 Å². The lowest BCUT2D eigenvalue weighted by atomic mass is 10.3. The molecular formula is C9H13ClN2O. The third kappa shape index (κ3) is 5.09. The first-order valence-corrected chi connectivity index (χ1v) is 3.80. The number of halogens is 1. The molecule has 0 radical (unpaired) electrons. The van der Waals surface area contributed by atoms with Crippen LogP contribution in [0.2, 0.25) is 0 Å². The number of para-hydroxylation sites is 1. The minimum atomic E-state index is 0. The molecule has 3 N–H and O–H groups in total. The van der Waals surface area contributed by atoms with Gasteiger partial charge in [0.1, 0.15) is 5.75 Å². The van der Waals surface area contributed by atoms with Gasteiger partial charge in [-0.1, -0.05) is 18.2 Å².